The molecule has 114 valence electrons. The number of imidazole rings is 1. The van der Waals surface area contributed by atoms with E-state index < -0.39 is 0 Å². The molecule has 5 heteroatoms. The third-order valence-electron chi connectivity index (χ3n) is 3.36. The molecule has 0 bridgehead atoms. The zero-order chi connectivity index (χ0) is 16.2. The van der Waals surface area contributed by atoms with Gasteiger partial charge in [0, 0.05) is 29.8 Å². The summed E-state index contributed by atoms with van der Waals surface area (Å²) in [7, 11) is 0. The second kappa shape index (κ2) is 6.64. The van der Waals surface area contributed by atoms with Crippen molar-refractivity contribution in [2.24, 2.45) is 0 Å². The summed E-state index contributed by atoms with van der Waals surface area (Å²) in [6.45, 7) is 4.68. The van der Waals surface area contributed by atoms with Crippen LogP contribution in [0, 0.1) is 25.7 Å². The van der Waals surface area contributed by atoms with Gasteiger partial charge in [0.25, 0.3) is 0 Å². The predicted octanol–water partition coefficient (Wildman–Crippen LogP) is 3.39. The Kier molecular flexibility index (Phi) is 4.40. The minimum absolute atomic E-state index is 0.436. The summed E-state index contributed by atoms with van der Waals surface area (Å²) in [5, 5.41) is 0.436. The van der Waals surface area contributed by atoms with Gasteiger partial charge < -0.3 is 4.57 Å². The Balaban J connectivity index is 1.80. The van der Waals surface area contributed by atoms with Crippen LogP contribution in [0.3, 0.4) is 0 Å². The van der Waals surface area contributed by atoms with Gasteiger partial charge in [-0.2, -0.15) is 0 Å². The minimum Gasteiger partial charge on any atom is -0.329 e. The first-order valence-corrected chi connectivity index (χ1v) is 7.57. The summed E-state index contributed by atoms with van der Waals surface area (Å²) in [5.74, 6) is 7.03. The number of aromatic nitrogens is 4. The molecule has 3 aromatic rings. The largest absolute Gasteiger partial charge is 0.329 e. The van der Waals surface area contributed by atoms with E-state index in [4.69, 9.17) is 11.6 Å². The quantitative estimate of drug-likeness (QED) is 0.536. The first kappa shape index (κ1) is 15.3. The lowest BCUT2D eigenvalue weighted by molar-refractivity contribution is 0.758. The lowest BCUT2D eigenvalue weighted by Crippen LogP contribution is -2.01. The van der Waals surface area contributed by atoms with Crippen LogP contribution in [-0.2, 0) is 6.54 Å². The van der Waals surface area contributed by atoms with E-state index >= 15 is 0 Å². The van der Waals surface area contributed by atoms with Crippen molar-refractivity contribution in [2.75, 3.05) is 0 Å². The fourth-order valence-corrected chi connectivity index (χ4v) is 2.31. The van der Waals surface area contributed by atoms with Crippen LogP contribution in [0.25, 0.3) is 0 Å². The monoisotopic (exact) mass is 322 g/mol. The maximum atomic E-state index is 5.85. The summed E-state index contributed by atoms with van der Waals surface area (Å²) in [6.07, 6.45) is 5.48. The average Bonchev–Trinajstić information content (AvgIpc) is 2.88. The van der Waals surface area contributed by atoms with Crippen molar-refractivity contribution < 1.29 is 0 Å². The molecule has 0 N–H and O–H groups in total. The van der Waals surface area contributed by atoms with Crippen LogP contribution in [0.1, 0.15) is 28.3 Å². The van der Waals surface area contributed by atoms with Crippen molar-refractivity contribution in [1.82, 2.24) is 19.5 Å². The van der Waals surface area contributed by atoms with Gasteiger partial charge in [0.1, 0.15) is 16.7 Å². The average molecular weight is 323 g/mol. The molecule has 0 aliphatic heterocycles. The number of halogens is 1. The second-order valence-corrected chi connectivity index (χ2v) is 5.61. The summed E-state index contributed by atoms with van der Waals surface area (Å²) < 4.78 is 2.07. The summed E-state index contributed by atoms with van der Waals surface area (Å²) in [4.78, 5) is 12.7. The highest BCUT2D eigenvalue weighted by atomic mass is 35.5. The Hall–Kier alpha value is -2.64. The highest BCUT2D eigenvalue weighted by Crippen LogP contribution is 2.08. The Morgan fingerprint density at radius 2 is 2.00 bits per heavy atom. The maximum Gasteiger partial charge on any atom is 0.131 e. The molecule has 23 heavy (non-hydrogen) atoms. The van der Waals surface area contributed by atoms with Crippen molar-refractivity contribution >= 4 is 11.6 Å². The van der Waals surface area contributed by atoms with E-state index in [1.165, 1.54) is 0 Å². The highest BCUT2D eigenvalue weighted by Gasteiger charge is 2.03. The lowest BCUT2D eigenvalue weighted by Gasteiger charge is -2.04. The van der Waals surface area contributed by atoms with E-state index in [0.717, 1.165) is 34.9 Å². The summed E-state index contributed by atoms with van der Waals surface area (Å²) >= 11 is 5.85. The van der Waals surface area contributed by atoms with E-state index in [1.54, 1.807) is 12.3 Å². The summed E-state index contributed by atoms with van der Waals surface area (Å²) in [6, 6.07) is 7.64. The van der Waals surface area contributed by atoms with E-state index in [0.29, 0.717) is 5.15 Å². The van der Waals surface area contributed by atoms with Gasteiger partial charge in [0.15, 0.2) is 0 Å². The third-order valence-corrected chi connectivity index (χ3v) is 3.57. The fraction of sp³-hybridized carbons (Fsp3) is 0.167. The molecule has 0 radical (unpaired) electrons. The molecule has 3 aromatic heterocycles. The first-order valence-electron chi connectivity index (χ1n) is 7.19. The van der Waals surface area contributed by atoms with Crippen LogP contribution in [-0.4, -0.2) is 19.5 Å². The van der Waals surface area contributed by atoms with Gasteiger partial charge in [-0.05, 0) is 43.5 Å². The number of pyridine rings is 2. The Labute approximate surface area is 140 Å². The molecule has 0 saturated heterocycles. The van der Waals surface area contributed by atoms with Crippen LogP contribution < -0.4 is 0 Å². The molecule has 4 nitrogen and oxygen atoms in total. The van der Waals surface area contributed by atoms with Crippen molar-refractivity contribution in [3.8, 4) is 11.8 Å². The van der Waals surface area contributed by atoms with Crippen LogP contribution in [0.4, 0.5) is 0 Å². The molecule has 0 fully saturated rings. The molecule has 0 atom stereocenters. The zero-order valence-corrected chi connectivity index (χ0v) is 13.7. The highest BCUT2D eigenvalue weighted by molar-refractivity contribution is 6.29. The van der Waals surface area contributed by atoms with E-state index in [9.17, 15) is 0 Å². The molecule has 0 aliphatic rings. The van der Waals surface area contributed by atoms with Gasteiger partial charge in [-0.25, -0.2) is 9.97 Å². The van der Waals surface area contributed by atoms with Crippen molar-refractivity contribution in [1.29, 1.82) is 0 Å². The molecule has 0 aromatic carbocycles. The Morgan fingerprint density at radius 3 is 2.74 bits per heavy atom. The van der Waals surface area contributed by atoms with Gasteiger partial charge in [-0.3, -0.25) is 4.98 Å². The Bertz CT molecular complexity index is 885. The number of aryl methyl sites for hydroxylation is 2. The predicted molar refractivity (Wildman–Crippen MR) is 90.3 cm³/mol. The normalized spacial score (nSPS) is 10.2. The standard InChI is InChI=1S/C18H15ClN4/c1-13-3-4-16(10-21-13)11-23-12-17(22-14(23)2)6-5-15-7-8-20-18(19)9-15/h3-4,7-10,12H,11H2,1-2H3. The number of nitrogens with zero attached hydrogens (tertiary/aromatic N) is 4. The Morgan fingerprint density at radius 1 is 1.13 bits per heavy atom. The van der Waals surface area contributed by atoms with Crippen LogP contribution >= 0.6 is 11.6 Å². The van der Waals surface area contributed by atoms with Gasteiger partial charge in [-0.15, -0.1) is 0 Å². The van der Waals surface area contributed by atoms with Gasteiger partial charge in [0.2, 0.25) is 0 Å². The molecule has 0 aliphatic carbocycles. The lowest BCUT2D eigenvalue weighted by atomic mass is 10.2. The van der Waals surface area contributed by atoms with E-state index in [-0.39, 0.29) is 0 Å². The van der Waals surface area contributed by atoms with Crippen molar-refractivity contribution in [3.63, 3.8) is 0 Å². The van der Waals surface area contributed by atoms with Crippen LogP contribution in [0.5, 0.6) is 0 Å². The number of hydrogen-bond donors (Lipinski definition) is 0. The van der Waals surface area contributed by atoms with E-state index in [2.05, 4.69) is 37.4 Å². The number of rotatable bonds is 2. The molecule has 3 heterocycles. The van der Waals surface area contributed by atoms with Gasteiger partial charge >= 0.3 is 0 Å². The number of hydrogen-bond acceptors (Lipinski definition) is 3. The maximum absolute atomic E-state index is 5.85. The molecule has 0 saturated carbocycles. The van der Waals surface area contributed by atoms with Crippen molar-refractivity contribution in [2.45, 2.75) is 20.4 Å². The smallest absolute Gasteiger partial charge is 0.131 e. The van der Waals surface area contributed by atoms with Gasteiger partial charge in [-0.1, -0.05) is 23.6 Å². The third kappa shape index (κ3) is 3.97. The molecular formula is C18H15ClN4. The minimum atomic E-state index is 0.436. The SMILES string of the molecule is Cc1ccc(Cn2cc(C#Cc3ccnc(Cl)c3)nc2C)cn1. The van der Waals surface area contributed by atoms with Gasteiger partial charge in [0.05, 0.1) is 6.54 Å². The van der Waals surface area contributed by atoms with Crippen molar-refractivity contribution in [3.05, 3.63) is 76.3 Å². The zero-order valence-electron chi connectivity index (χ0n) is 12.9. The molecule has 0 amide bonds. The molecular weight excluding hydrogens is 308 g/mol. The molecule has 0 spiro atoms. The van der Waals surface area contributed by atoms with Crippen LogP contribution in [0.2, 0.25) is 5.15 Å². The van der Waals surface area contributed by atoms with E-state index in [1.807, 2.05) is 38.4 Å². The van der Waals surface area contributed by atoms with Crippen LogP contribution in [0.15, 0.2) is 42.9 Å². The fourth-order valence-electron chi connectivity index (χ4n) is 2.13. The second-order valence-electron chi connectivity index (χ2n) is 5.23. The summed E-state index contributed by atoms with van der Waals surface area (Å²) in [5.41, 5.74) is 3.70. The molecule has 0 unspecified atom stereocenters. The molecule has 3 rings (SSSR count). The first-order chi connectivity index (χ1) is 11.1. The topological polar surface area (TPSA) is 43.6 Å².